The number of nitrogens with zero attached hydrogens (tertiary/aromatic N) is 1. The van der Waals surface area contributed by atoms with Crippen molar-refractivity contribution in [1.29, 1.82) is 5.41 Å². The highest BCUT2D eigenvalue weighted by atomic mass is 16.7. The number of aliphatic hydroxyl groups excluding tert-OH is 4. The van der Waals surface area contributed by atoms with Crippen molar-refractivity contribution in [1.82, 2.24) is 10.6 Å². The molecule has 248 valence electrons. The number of amidine groups is 2. The number of hydrogen-bond donors (Lipinski definition) is 13. The highest BCUT2D eigenvalue weighted by Crippen LogP contribution is 2.33. The van der Waals surface area contributed by atoms with Crippen LogP contribution in [0.2, 0.25) is 0 Å². The maximum Gasteiger partial charge on any atom is 0.186 e. The number of hydrogen-bond acceptors (Lipinski definition) is 16. The van der Waals surface area contributed by atoms with Crippen LogP contribution in [-0.4, -0.2) is 155 Å². The van der Waals surface area contributed by atoms with Gasteiger partial charge in [-0.2, -0.15) is 0 Å². The van der Waals surface area contributed by atoms with Gasteiger partial charge < -0.3 is 83.8 Å². The van der Waals surface area contributed by atoms with Gasteiger partial charge in [0, 0.05) is 25.7 Å². The zero-order valence-corrected chi connectivity index (χ0v) is 24.2. The monoisotopic (exact) mass is 619 g/mol. The molecule has 1 saturated carbocycles. The first-order valence-corrected chi connectivity index (χ1v) is 14.6. The van der Waals surface area contributed by atoms with Crippen LogP contribution in [0, 0.1) is 5.41 Å². The third kappa shape index (κ3) is 7.61. The van der Waals surface area contributed by atoms with E-state index in [9.17, 15) is 25.5 Å². The molecule has 4 aliphatic rings. The predicted octanol–water partition coefficient (Wildman–Crippen LogP) is -6.58. The maximum absolute atomic E-state index is 11.6. The highest BCUT2D eigenvalue weighted by Gasteiger charge is 2.51. The predicted molar refractivity (Wildman–Crippen MR) is 153 cm³/mol. The third-order valence-electron chi connectivity index (χ3n) is 8.60. The zero-order valence-electron chi connectivity index (χ0n) is 24.2. The summed E-state index contributed by atoms with van der Waals surface area (Å²) in [7, 11) is 0. The fourth-order valence-electron chi connectivity index (χ4n) is 5.61. The van der Waals surface area contributed by atoms with Crippen molar-refractivity contribution < 1.29 is 44.5 Å². The minimum Gasteiger partial charge on any atom is -0.394 e. The van der Waals surface area contributed by atoms with Gasteiger partial charge in [0.2, 0.25) is 0 Å². The molecule has 0 radical (unpaired) electrons. The molecule has 0 aromatic carbocycles. The number of aliphatic imine (C=N–C) groups is 1. The number of nitrogens with one attached hydrogen (secondary N) is 3. The molecule has 3 saturated heterocycles. The summed E-state index contributed by atoms with van der Waals surface area (Å²) in [6, 6.07) is -3.94. The van der Waals surface area contributed by atoms with Crippen LogP contribution >= 0.6 is 0 Å². The molecule has 0 amide bonds. The zero-order chi connectivity index (χ0) is 31.6. The molecule has 4 fully saturated rings. The summed E-state index contributed by atoms with van der Waals surface area (Å²) in [6.07, 6.45) is -9.41. The van der Waals surface area contributed by atoms with Crippen LogP contribution in [-0.2, 0) is 18.9 Å². The van der Waals surface area contributed by atoms with Crippen LogP contribution in [0.25, 0.3) is 0 Å². The molecule has 4 rings (SSSR count). The van der Waals surface area contributed by atoms with E-state index in [1.54, 1.807) is 6.92 Å². The second-order valence-electron chi connectivity index (χ2n) is 12.0. The third-order valence-corrected chi connectivity index (χ3v) is 8.60. The summed E-state index contributed by atoms with van der Waals surface area (Å²) in [5.41, 5.74) is 29.2. The van der Waals surface area contributed by atoms with Gasteiger partial charge in [-0.15, -0.1) is 0 Å². The Labute approximate surface area is 249 Å². The molecule has 3 heterocycles. The van der Waals surface area contributed by atoms with Gasteiger partial charge in [-0.25, -0.2) is 0 Å². The molecule has 0 spiro atoms. The lowest BCUT2D eigenvalue weighted by molar-refractivity contribution is -0.312. The van der Waals surface area contributed by atoms with Crippen molar-refractivity contribution in [3.63, 3.8) is 0 Å². The van der Waals surface area contributed by atoms with E-state index in [0.717, 1.165) is 0 Å². The van der Waals surface area contributed by atoms with Gasteiger partial charge in [0.1, 0.15) is 53.9 Å². The molecular formula is C25H49N9O9. The molecule has 14 atom stereocenters. The second-order valence-corrected chi connectivity index (χ2v) is 12.0. The molecule has 43 heavy (non-hydrogen) atoms. The molecule has 18 nitrogen and oxygen atoms in total. The van der Waals surface area contributed by atoms with E-state index in [1.807, 2.05) is 0 Å². The SMILES string of the molecule is CC(N)C(=N)NC[C@@H]1CCC(N)[C@@H](OC2C(O)C(O[C@H]3OC(CO)C(O)[C@H](N)C3O)[C@H](N=C(N)C3(O)CNC3)C[C@@H]2N)O1. The Bertz CT molecular complexity index is 974. The van der Waals surface area contributed by atoms with Crippen molar-refractivity contribution >= 4 is 11.7 Å². The van der Waals surface area contributed by atoms with E-state index < -0.39 is 91.6 Å². The molecule has 18 heteroatoms. The van der Waals surface area contributed by atoms with Crippen molar-refractivity contribution in [3.8, 4) is 0 Å². The average Bonchev–Trinajstić information content (AvgIpc) is 2.95. The molecule has 3 aliphatic heterocycles. The smallest absolute Gasteiger partial charge is 0.186 e. The van der Waals surface area contributed by atoms with Crippen LogP contribution in [0.3, 0.4) is 0 Å². The van der Waals surface area contributed by atoms with Gasteiger partial charge in [0.25, 0.3) is 0 Å². The van der Waals surface area contributed by atoms with Crippen molar-refractivity contribution in [3.05, 3.63) is 0 Å². The van der Waals surface area contributed by atoms with Crippen molar-refractivity contribution in [2.75, 3.05) is 26.2 Å². The average molecular weight is 620 g/mol. The van der Waals surface area contributed by atoms with Gasteiger partial charge >= 0.3 is 0 Å². The van der Waals surface area contributed by atoms with Crippen LogP contribution in [0.5, 0.6) is 0 Å². The number of rotatable bonds is 10. The van der Waals surface area contributed by atoms with Crippen molar-refractivity contribution in [2.24, 2.45) is 33.7 Å². The van der Waals surface area contributed by atoms with Gasteiger partial charge in [0.15, 0.2) is 12.6 Å². The number of ether oxygens (including phenoxy) is 4. The Hall–Kier alpha value is -1.62. The van der Waals surface area contributed by atoms with Gasteiger partial charge in [-0.05, 0) is 26.2 Å². The fourth-order valence-corrected chi connectivity index (χ4v) is 5.61. The summed E-state index contributed by atoms with van der Waals surface area (Å²) in [4.78, 5) is 4.46. The van der Waals surface area contributed by atoms with E-state index in [0.29, 0.717) is 19.4 Å². The topological polar surface area (TPSA) is 328 Å². The lowest BCUT2D eigenvalue weighted by atomic mass is 9.83. The van der Waals surface area contributed by atoms with E-state index in [-0.39, 0.29) is 37.3 Å². The molecule has 8 unspecified atom stereocenters. The summed E-state index contributed by atoms with van der Waals surface area (Å²) in [5.74, 6) is 0.0797. The van der Waals surface area contributed by atoms with E-state index >= 15 is 0 Å². The Morgan fingerprint density at radius 3 is 2.33 bits per heavy atom. The normalized spacial score (nSPS) is 44.3. The van der Waals surface area contributed by atoms with E-state index in [1.165, 1.54) is 0 Å². The van der Waals surface area contributed by atoms with Crippen LogP contribution in [0.15, 0.2) is 4.99 Å². The first kappa shape index (κ1) is 34.3. The first-order valence-electron chi connectivity index (χ1n) is 14.6. The number of β-amino-alcohol motifs (C(OH)–C–C–N with tert-alkyl or cyclic N) is 1. The lowest BCUT2D eigenvalue weighted by Gasteiger charge is -2.48. The minimum atomic E-state index is -1.53. The van der Waals surface area contributed by atoms with Crippen LogP contribution < -0.4 is 39.3 Å². The standard InChI is InChI=1S/C25H49N9O9/c1-9(26)21(30)33-5-10-2-3-11(27)22(40-10)42-19-12(28)4-13(34-24(31)25(39)7-32-8-25)20(18(19)38)43-23-17(37)15(29)16(36)14(6-35)41-23/h9-20,22-23,32,35-39H,2-8,26-29H2,1H3,(H2,30,33)(H2,31,34)/t9?,10-,11?,12-,13+,14?,15-,16?,17?,18?,19?,20?,22+,23+/m0/s1. The molecule has 0 aromatic rings. The highest BCUT2D eigenvalue weighted by molar-refractivity contribution is 5.90. The lowest BCUT2D eigenvalue weighted by Crippen LogP contribution is -2.68. The minimum absolute atomic E-state index is 0.0794. The number of aliphatic hydroxyl groups is 5. The summed E-state index contributed by atoms with van der Waals surface area (Å²) < 4.78 is 23.9. The Morgan fingerprint density at radius 2 is 1.72 bits per heavy atom. The molecule has 0 aromatic heterocycles. The van der Waals surface area contributed by atoms with Crippen LogP contribution in [0.4, 0.5) is 0 Å². The Morgan fingerprint density at radius 1 is 1.05 bits per heavy atom. The molecule has 18 N–H and O–H groups in total. The summed E-state index contributed by atoms with van der Waals surface area (Å²) >= 11 is 0. The first-order chi connectivity index (χ1) is 20.2. The van der Waals surface area contributed by atoms with Crippen LogP contribution in [0.1, 0.15) is 26.2 Å². The summed E-state index contributed by atoms with van der Waals surface area (Å²) in [6.45, 7) is 1.77. The van der Waals surface area contributed by atoms with E-state index in [4.69, 9.17) is 53.0 Å². The Balaban J connectivity index is 1.53. The maximum atomic E-state index is 11.6. The van der Waals surface area contributed by atoms with Gasteiger partial charge in [-0.1, -0.05) is 0 Å². The summed E-state index contributed by atoms with van der Waals surface area (Å²) in [5, 5.41) is 66.7. The van der Waals surface area contributed by atoms with E-state index in [2.05, 4.69) is 15.6 Å². The Kier molecular flexibility index (Phi) is 11.3. The molecule has 0 bridgehead atoms. The second kappa shape index (κ2) is 14.2. The van der Waals surface area contributed by atoms with Gasteiger partial charge in [0.05, 0.1) is 36.9 Å². The molecule has 1 aliphatic carbocycles. The van der Waals surface area contributed by atoms with Gasteiger partial charge in [-0.3, -0.25) is 10.4 Å². The number of nitrogens with two attached hydrogens (primary N) is 5. The largest absolute Gasteiger partial charge is 0.394 e. The fraction of sp³-hybridized carbons (Fsp3) is 0.920. The quantitative estimate of drug-likeness (QED) is 0.0798. The molecular weight excluding hydrogens is 570 g/mol. The van der Waals surface area contributed by atoms with Crippen molar-refractivity contribution in [2.45, 2.75) is 117 Å².